The molecule has 0 unspecified atom stereocenters. The third-order valence-electron chi connectivity index (χ3n) is 3.47. The summed E-state index contributed by atoms with van der Waals surface area (Å²) in [6, 6.07) is 14.6. The van der Waals surface area contributed by atoms with Gasteiger partial charge in [0.15, 0.2) is 11.4 Å². The summed E-state index contributed by atoms with van der Waals surface area (Å²) in [5.74, 6) is -1.12. The Morgan fingerprint density at radius 2 is 1.88 bits per heavy atom. The molecule has 3 rings (SSSR count). The largest absolute Gasteiger partial charge is 0.505 e. The summed E-state index contributed by atoms with van der Waals surface area (Å²) in [6.07, 6.45) is 0. The van der Waals surface area contributed by atoms with E-state index in [0.29, 0.717) is 16.4 Å². The van der Waals surface area contributed by atoms with E-state index in [1.807, 2.05) is 13.0 Å². The predicted molar refractivity (Wildman–Crippen MR) is 95.6 cm³/mol. The molecule has 0 aliphatic carbocycles. The number of rotatable bonds is 3. The number of hydrogen-bond donors (Lipinski definition) is 2. The van der Waals surface area contributed by atoms with Gasteiger partial charge in [0.1, 0.15) is 0 Å². The van der Waals surface area contributed by atoms with Crippen molar-refractivity contribution in [3.63, 3.8) is 0 Å². The molecule has 2 aromatic carbocycles. The molecule has 0 atom stereocenters. The zero-order valence-corrected chi connectivity index (χ0v) is 14.0. The highest BCUT2D eigenvalue weighted by molar-refractivity contribution is 6.30. The van der Waals surface area contributed by atoms with Gasteiger partial charge in [-0.05, 0) is 48.9 Å². The number of aryl methyl sites for hydroxylation is 1. The average molecular weight is 356 g/mol. The fourth-order valence-electron chi connectivity index (χ4n) is 2.28. The van der Waals surface area contributed by atoms with Crippen molar-refractivity contribution in [3.05, 3.63) is 81.2 Å². The summed E-state index contributed by atoms with van der Waals surface area (Å²) in [7, 11) is 0. The summed E-state index contributed by atoms with van der Waals surface area (Å²) in [5, 5.41) is 17.1. The number of nitrogens with zero attached hydrogens (tertiary/aromatic N) is 2. The first kappa shape index (κ1) is 16.7. The molecule has 3 aromatic rings. The van der Waals surface area contributed by atoms with Crippen LogP contribution in [0.3, 0.4) is 0 Å². The van der Waals surface area contributed by atoms with Crippen molar-refractivity contribution >= 4 is 23.2 Å². The number of aromatic nitrogens is 2. The van der Waals surface area contributed by atoms with Gasteiger partial charge in [-0.15, -0.1) is 0 Å². The number of hydrogen-bond acceptors (Lipinski definition) is 4. The summed E-state index contributed by atoms with van der Waals surface area (Å²) in [5.41, 5.74) is 1.14. The average Bonchev–Trinajstić information content (AvgIpc) is 2.57. The van der Waals surface area contributed by atoms with Crippen LogP contribution in [0.5, 0.6) is 5.75 Å². The molecule has 0 saturated carbocycles. The van der Waals surface area contributed by atoms with Gasteiger partial charge in [0.25, 0.3) is 11.5 Å². The van der Waals surface area contributed by atoms with Gasteiger partial charge in [0, 0.05) is 16.8 Å². The lowest BCUT2D eigenvalue weighted by Crippen LogP contribution is -2.25. The minimum Gasteiger partial charge on any atom is -0.505 e. The van der Waals surface area contributed by atoms with E-state index in [1.54, 1.807) is 42.5 Å². The van der Waals surface area contributed by atoms with Gasteiger partial charge in [-0.25, -0.2) is 0 Å². The van der Waals surface area contributed by atoms with Crippen LogP contribution in [0.15, 0.2) is 59.4 Å². The van der Waals surface area contributed by atoms with Crippen molar-refractivity contribution in [1.82, 2.24) is 9.78 Å². The van der Waals surface area contributed by atoms with Crippen LogP contribution in [-0.2, 0) is 0 Å². The molecule has 2 N–H and O–H groups in total. The minimum absolute atomic E-state index is 0.254. The third-order valence-corrected chi connectivity index (χ3v) is 3.73. The Bertz CT molecular complexity index is 997. The van der Waals surface area contributed by atoms with Gasteiger partial charge in [0.2, 0.25) is 0 Å². The summed E-state index contributed by atoms with van der Waals surface area (Å²) >= 11 is 5.81. The van der Waals surface area contributed by atoms with Crippen molar-refractivity contribution in [2.45, 2.75) is 6.92 Å². The number of amides is 1. The van der Waals surface area contributed by atoms with E-state index in [0.717, 1.165) is 16.3 Å². The van der Waals surface area contributed by atoms with Crippen molar-refractivity contribution in [2.24, 2.45) is 0 Å². The van der Waals surface area contributed by atoms with E-state index in [9.17, 15) is 14.7 Å². The SMILES string of the molecule is Cc1cccc(-n2nc(C(=O)Nc3ccc(Cl)cc3)c(O)cc2=O)c1. The molecule has 0 saturated heterocycles. The van der Waals surface area contributed by atoms with Crippen LogP contribution in [0.1, 0.15) is 16.1 Å². The number of halogens is 1. The molecule has 0 aliphatic rings. The second-order valence-corrected chi connectivity index (χ2v) is 5.86. The van der Waals surface area contributed by atoms with Crippen molar-refractivity contribution in [1.29, 1.82) is 0 Å². The molecule has 6 nitrogen and oxygen atoms in total. The molecule has 1 aromatic heterocycles. The highest BCUT2D eigenvalue weighted by atomic mass is 35.5. The Labute approximate surface area is 148 Å². The Balaban J connectivity index is 1.98. The summed E-state index contributed by atoms with van der Waals surface area (Å²) in [6.45, 7) is 1.88. The summed E-state index contributed by atoms with van der Waals surface area (Å²) in [4.78, 5) is 24.5. The number of aromatic hydroxyl groups is 1. The number of carbonyl (C=O) groups is 1. The van der Waals surface area contributed by atoms with E-state index >= 15 is 0 Å². The molecule has 7 heteroatoms. The Morgan fingerprint density at radius 3 is 2.56 bits per heavy atom. The summed E-state index contributed by atoms with van der Waals surface area (Å²) < 4.78 is 1.07. The normalized spacial score (nSPS) is 10.5. The molecular formula is C18H14ClN3O3. The maximum Gasteiger partial charge on any atom is 0.279 e. The van der Waals surface area contributed by atoms with Gasteiger partial charge >= 0.3 is 0 Å². The minimum atomic E-state index is -0.638. The molecule has 25 heavy (non-hydrogen) atoms. The van der Waals surface area contributed by atoms with Gasteiger partial charge < -0.3 is 10.4 Å². The van der Waals surface area contributed by atoms with E-state index in [-0.39, 0.29) is 5.69 Å². The number of benzene rings is 2. The smallest absolute Gasteiger partial charge is 0.279 e. The molecular weight excluding hydrogens is 342 g/mol. The van der Waals surface area contributed by atoms with Crippen LogP contribution in [0.25, 0.3) is 5.69 Å². The highest BCUT2D eigenvalue weighted by Gasteiger charge is 2.17. The molecule has 0 bridgehead atoms. The molecule has 0 fully saturated rings. The van der Waals surface area contributed by atoms with Crippen LogP contribution in [0, 0.1) is 6.92 Å². The second-order valence-electron chi connectivity index (χ2n) is 5.43. The zero-order chi connectivity index (χ0) is 18.0. The highest BCUT2D eigenvalue weighted by Crippen LogP contribution is 2.17. The topological polar surface area (TPSA) is 84.2 Å². The van der Waals surface area contributed by atoms with Gasteiger partial charge in [-0.3, -0.25) is 9.59 Å². The van der Waals surface area contributed by atoms with Crippen molar-refractivity contribution in [3.8, 4) is 11.4 Å². The Morgan fingerprint density at radius 1 is 1.16 bits per heavy atom. The fourth-order valence-corrected chi connectivity index (χ4v) is 2.40. The van der Waals surface area contributed by atoms with Crippen LogP contribution in [0.2, 0.25) is 5.02 Å². The van der Waals surface area contributed by atoms with Crippen LogP contribution < -0.4 is 10.9 Å². The monoisotopic (exact) mass is 355 g/mol. The van der Waals surface area contributed by atoms with E-state index in [1.165, 1.54) is 0 Å². The zero-order valence-electron chi connectivity index (χ0n) is 13.2. The first-order valence-corrected chi connectivity index (χ1v) is 7.79. The predicted octanol–water partition coefficient (Wildman–Crippen LogP) is 3.15. The number of nitrogens with one attached hydrogen (secondary N) is 1. The lowest BCUT2D eigenvalue weighted by atomic mass is 10.2. The van der Waals surface area contributed by atoms with Gasteiger partial charge in [0.05, 0.1) is 5.69 Å². The number of carbonyl (C=O) groups excluding carboxylic acids is 1. The van der Waals surface area contributed by atoms with Crippen LogP contribution in [0.4, 0.5) is 5.69 Å². The molecule has 126 valence electrons. The van der Waals surface area contributed by atoms with Crippen molar-refractivity contribution in [2.75, 3.05) is 5.32 Å². The second kappa shape index (κ2) is 6.78. The maximum atomic E-state index is 12.4. The lowest BCUT2D eigenvalue weighted by molar-refractivity contribution is 0.101. The first-order chi connectivity index (χ1) is 11.9. The fraction of sp³-hybridized carbons (Fsp3) is 0.0556. The Hall–Kier alpha value is -3.12. The lowest BCUT2D eigenvalue weighted by Gasteiger charge is -2.10. The van der Waals surface area contributed by atoms with Crippen LogP contribution >= 0.6 is 11.6 Å². The van der Waals surface area contributed by atoms with Gasteiger partial charge in [-0.1, -0.05) is 23.7 Å². The standard InChI is InChI=1S/C18H14ClN3O3/c1-11-3-2-4-14(9-11)22-16(24)10-15(23)17(21-22)18(25)20-13-7-5-12(19)6-8-13/h2-10,23H,1H3,(H,20,25). The van der Waals surface area contributed by atoms with E-state index in [4.69, 9.17) is 11.6 Å². The molecule has 1 amide bonds. The van der Waals surface area contributed by atoms with E-state index < -0.39 is 17.2 Å². The molecule has 0 radical (unpaired) electrons. The van der Waals surface area contributed by atoms with Crippen LogP contribution in [-0.4, -0.2) is 20.8 Å². The third kappa shape index (κ3) is 3.70. The molecule has 0 aliphatic heterocycles. The first-order valence-electron chi connectivity index (χ1n) is 7.41. The quantitative estimate of drug-likeness (QED) is 0.755. The molecule has 1 heterocycles. The Kier molecular flexibility index (Phi) is 4.54. The maximum absolute atomic E-state index is 12.4. The number of anilines is 1. The van der Waals surface area contributed by atoms with Crippen molar-refractivity contribution < 1.29 is 9.90 Å². The van der Waals surface area contributed by atoms with E-state index in [2.05, 4.69) is 10.4 Å². The molecule has 0 spiro atoms. The van der Waals surface area contributed by atoms with Gasteiger partial charge in [-0.2, -0.15) is 9.78 Å².